The number of para-hydroxylation sites is 3. The van der Waals surface area contributed by atoms with E-state index in [-0.39, 0.29) is 5.41 Å². The van der Waals surface area contributed by atoms with E-state index in [1.807, 2.05) is 0 Å². The SMILES string of the molecule is Cc1cccc2c1N1c3cccc(N(c4ccccc4)c4ccc5c(c4)C4(c6ccccc6-c6ccccc64)c4ccccc4-5)c3C(C)(C)c3cccc(c31)O2. The van der Waals surface area contributed by atoms with E-state index < -0.39 is 5.41 Å². The highest BCUT2D eigenvalue weighted by Gasteiger charge is 2.52. The summed E-state index contributed by atoms with van der Waals surface area (Å²) in [7, 11) is 0. The van der Waals surface area contributed by atoms with Gasteiger partial charge in [-0.15, -0.1) is 0 Å². The van der Waals surface area contributed by atoms with E-state index in [2.05, 4.69) is 206 Å². The molecule has 0 saturated heterocycles. The standard InChI is InChI=1S/C53H38N2O/c1-33-16-13-28-47-50(33)55-46-27-15-26-45(49(46)52(2,3)43-25-14-29-48(56-47)51(43)55)54(34-17-5-4-6-18-34)35-30-31-39-38-21-9-12-24-42(38)53(44(39)32-35)40-22-10-7-19-36(40)37-20-8-11-23-41(37)53/h4-32H,1-3H3. The summed E-state index contributed by atoms with van der Waals surface area (Å²) in [4.78, 5) is 4.96. The van der Waals surface area contributed by atoms with Gasteiger partial charge in [0.2, 0.25) is 0 Å². The molecule has 0 bridgehead atoms. The van der Waals surface area contributed by atoms with Crippen LogP contribution < -0.4 is 14.5 Å². The van der Waals surface area contributed by atoms with Crippen LogP contribution in [-0.2, 0) is 10.8 Å². The van der Waals surface area contributed by atoms with Crippen molar-refractivity contribution >= 4 is 34.1 Å². The Morgan fingerprint density at radius 1 is 0.464 bits per heavy atom. The molecular weight excluding hydrogens is 681 g/mol. The third-order valence-corrected chi connectivity index (χ3v) is 12.9. The average molecular weight is 719 g/mol. The van der Waals surface area contributed by atoms with Gasteiger partial charge in [-0.2, -0.15) is 0 Å². The molecule has 0 unspecified atom stereocenters. The number of benzene rings is 8. The number of nitrogens with zero attached hydrogens (tertiary/aromatic N) is 2. The summed E-state index contributed by atoms with van der Waals surface area (Å²) in [5, 5.41) is 0. The van der Waals surface area contributed by atoms with Gasteiger partial charge in [0, 0.05) is 22.4 Å². The lowest BCUT2D eigenvalue weighted by molar-refractivity contribution is 0.471. The minimum absolute atomic E-state index is 0.359. The first kappa shape index (κ1) is 31.5. The summed E-state index contributed by atoms with van der Waals surface area (Å²) < 4.78 is 6.64. The predicted molar refractivity (Wildman–Crippen MR) is 229 cm³/mol. The van der Waals surface area contributed by atoms with Crippen molar-refractivity contribution in [1.29, 1.82) is 0 Å². The van der Waals surface area contributed by atoms with Crippen LogP contribution in [0, 0.1) is 6.92 Å². The van der Waals surface area contributed by atoms with E-state index in [1.54, 1.807) is 0 Å². The Balaban J connectivity index is 1.15. The largest absolute Gasteiger partial charge is 0.453 e. The fourth-order valence-corrected chi connectivity index (χ4v) is 10.7. The zero-order valence-electron chi connectivity index (χ0n) is 31.5. The first-order valence-electron chi connectivity index (χ1n) is 19.6. The molecule has 2 heterocycles. The van der Waals surface area contributed by atoms with Crippen molar-refractivity contribution in [1.82, 2.24) is 0 Å². The Hall–Kier alpha value is -6.84. The molecular formula is C53H38N2O. The van der Waals surface area contributed by atoms with Crippen LogP contribution in [0.1, 0.15) is 52.8 Å². The Bertz CT molecular complexity index is 2900. The Morgan fingerprint density at radius 2 is 1.02 bits per heavy atom. The first-order chi connectivity index (χ1) is 27.5. The van der Waals surface area contributed by atoms with E-state index in [1.165, 1.54) is 66.9 Å². The van der Waals surface area contributed by atoms with Crippen LogP contribution in [0.4, 0.5) is 34.1 Å². The molecule has 0 radical (unpaired) electrons. The van der Waals surface area contributed by atoms with Crippen molar-refractivity contribution in [3.05, 3.63) is 215 Å². The normalized spacial score (nSPS) is 15.1. The number of fused-ring (bicyclic) bond motifs is 14. The maximum atomic E-state index is 6.64. The molecule has 12 rings (SSSR count). The van der Waals surface area contributed by atoms with Crippen molar-refractivity contribution in [2.75, 3.05) is 9.80 Å². The van der Waals surface area contributed by atoms with Crippen LogP contribution in [0.15, 0.2) is 176 Å². The van der Waals surface area contributed by atoms with Crippen LogP contribution in [0.2, 0.25) is 0 Å². The zero-order chi connectivity index (χ0) is 37.3. The second-order valence-corrected chi connectivity index (χ2v) is 16.1. The van der Waals surface area contributed by atoms with Gasteiger partial charge in [-0.1, -0.05) is 141 Å². The zero-order valence-corrected chi connectivity index (χ0v) is 31.5. The Labute approximate surface area is 327 Å². The van der Waals surface area contributed by atoms with E-state index in [4.69, 9.17) is 4.74 Å². The summed E-state index contributed by atoms with van der Waals surface area (Å²) in [6, 6.07) is 65.0. The number of hydrogen-bond acceptors (Lipinski definition) is 3. The van der Waals surface area contributed by atoms with Gasteiger partial charge in [0.25, 0.3) is 0 Å². The quantitative estimate of drug-likeness (QED) is 0.181. The number of aryl methyl sites for hydroxylation is 1. The van der Waals surface area contributed by atoms with Crippen molar-refractivity contribution in [2.24, 2.45) is 0 Å². The van der Waals surface area contributed by atoms with Crippen LogP contribution in [0.25, 0.3) is 22.3 Å². The topological polar surface area (TPSA) is 15.7 Å². The molecule has 56 heavy (non-hydrogen) atoms. The fraction of sp³-hybridized carbons (Fsp3) is 0.0943. The molecule has 3 nitrogen and oxygen atoms in total. The predicted octanol–water partition coefficient (Wildman–Crippen LogP) is 14.0. The average Bonchev–Trinajstić information content (AvgIpc) is 3.70. The molecule has 0 atom stereocenters. The summed E-state index contributed by atoms with van der Waals surface area (Å²) in [6.45, 7) is 6.94. The second kappa shape index (κ2) is 11.1. The highest BCUT2D eigenvalue weighted by atomic mass is 16.5. The third-order valence-electron chi connectivity index (χ3n) is 12.9. The summed E-state index contributed by atoms with van der Waals surface area (Å²) in [5.74, 6) is 1.77. The van der Waals surface area contributed by atoms with E-state index in [0.717, 1.165) is 39.9 Å². The van der Waals surface area contributed by atoms with Gasteiger partial charge >= 0.3 is 0 Å². The van der Waals surface area contributed by atoms with Gasteiger partial charge in [0.05, 0.1) is 28.2 Å². The molecule has 4 aliphatic rings. The Morgan fingerprint density at radius 3 is 1.70 bits per heavy atom. The molecule has 0 saturated carbocycles. The molecule has 3 heteroatoms. The van der Waals surface area contributed by atoms with E-state index in [9.17, 15) is 0 Å². The number of anilines is 6. The highest BCUT2D eigenvalue weighted by molar-refractivity contribution is 5.99. The molecule has 0 N–H and O–H groups in total. The second-order valence-electron chi connectivity index (χ2n) is 16.1. The minimum atomic E-state index is -0.433. The van der Waals surface area contributed by atoms with E-state index in [0.29, 0.717) is 0 Å². The van der Waals surface area contributed by atoms with Crippen LogP contribution >= 0.6 is 0 Å². The van der Waals surface area contributed by atoms with Crippen LogP contribution in [0.5, 0.6) is 11.5 Å². The molecule has 1 spiro atoms. The van der Waals surface area contributed by atoms with Gasteiger partial charge in [0.1, 0.15) is 0 Å². The summed E-state index contributed by atoms with van der Waals surface area (Å²) in [6.07, 6.45) is 0. The molecule has 0 amide bonds. The lowest BCUT2D eigenvalue weighted by atomic mass is 9.70. The monoisotopic (exact) mass is 718 g/mol. The first-order valence-corrected chi connectivity index (χ1v) is 19.6. The fourth-order valence-electron chi connectivity index (χ4n) is 10.7. The van der Waals surface area contributed by atoms with Gasteiger partial charge in [-0.05, 0) is 111 Å². The molecule has 2 aliphatic heterocycles. The van der Waals surface area contributed by atoms with Gasteiger partial charge < -0.3 is 14.5 Å². The lowest BCUT2D eigenvalue weighted by Crippen LogP contribution is -2.34. The van der Waals surface area contributed by atoms with Crippen molar-refractivity contribution in [3.63, 3.8) is 0 Å². The number of hydrogen-bond donors (Lipinski definition) is 0. The molecule has 8 aromatic carbocycles. The Kier molecular flexibility index (Phi) is 6.25. The maximum Gasteiger partial charge on any atom is 0.151 e. The molecule has 0 fully saturated rings. The van der Waals surface area contributed by atoms with Crippen molar-refractivity contribution < 1.29 is 4.74 Å². The van der Waals surface area contributed by atoms with Gasteiger partial charge in [-0.25, -0.2) is 0 Å². The highest BCUT2D eigenvalue weighted by Crippen LogP contribution is 2.65. The van der Waals surface area contributed by atoms with Crippen LogP contribution in [0.3, 0.4) is 0 Å². The van der Waals surface area contributed by atoms with Crippen molar-refractivity contribution in [3.8, 4) is 33.8 Å². The molecule has 2 aliphatic carbocycles. The number of rotatable bonds is 3. The smallest absolute Gasteiger partial charge is 0.151 e. The molecule has 0 aromatic heterocycles. The summed E-state index contributed by atoms with van der Waals surface area (Å²) in [5.41, 5.74) is 20.3. The summed E-state index contributed by atoms with van der Waals surface area (Å²) >= 11 is 0. The van der Waals surface area contributed by atoms with Gasteiger partial charge in [-0.3, -0.25) is 0 Å². The van der Waals surface area contributed by atoms with Crippen molar-refractivity contribution in [2.45, 2.75) is 31.6 Å². The maximum absolute atomic E-state index is 6.64. The minimum Gasteiger partial charge on any atom is -0.453 e. The number of ether oxygens (including phenoxy) is 1. The molecule has 266 valence electrons. The third kappa shape index (κ3) is 3.87. The van der Waals surface area contributed by atoms with E-state index >= 15 is 0 Å². The molecule has 8 aromatic rings. The van der Waals surface area contributed by atoms with Crippen LogP contribution in [-0.4, -0.2) is 0 Å². The lowest BCUT2D eigenvalue weighted by Gasteiger charge is -2.47. The van der Waals surface area contributed by atoms with Gasteiger partial charge in [0.15, 0.2) is 11.5 Å².